The molecule has 1 atom stereocenters. The largest absolute Gasteiger partial charge is 0.383 e. The number of anilines is 3. The highest BCUT2D eigenvalue weighted by molar-refractivity contribution is 7.17. The molecular formula is C33H24FNO2S. The zero-order chi connectivity index (χ0) is 26.2. The number of fused-ring (bicyclic) bond motifs is 4. The van der Waals surface area contributed by atoms with Crippen LogP contribution in [0, 0.1) is 5.82 Å². The molecular weight excluding hydrogens is 493 g/mol. The molecule has 1 aliphatic carbocycles. The van der Waals surface area contributed by atoms with E-state index in [4.69, 9.17) is 0 Å². The molecule has 186 valence electrons. The molecule has 3 nitrogen and oxygen atoms in total. The van der Waals surface area contributed by atoms with E-state index in [0.717, 1.165) is 43.2 Å². The quantitative estimate of drug-likeness (QED) is 0.239. The fourth-order valence-electron chi connectivity index (χ4n) is 5.88. The number of hydrogen-bond acceptors (Lipinski definition) is 4. The van der Waals surface area contributed by atoms with E-state index in [9.17, 15) is 14.3 Å². The molecule has 0 amide bonds. The minimum absolute atomic E-state index is 0.140. The number of aliphatic hydroxyl groups is 1. The van der Waals surface area contributed by atoms with Crippen LogP contribution in [0.3, 0.4) is 0 Å². The topological polar surface area (TPSA) is 40.5 Å². The number of ketones is 1. The van der Waals surface area contributed by atoms with Gasteiger partial charge in [-0.25, -0.2) is 4.39 Å². The van der Waals surface area contributed by atoms with Crippen LogP contribution in [0.25, 0.3) is 16.8 Å². The fraction of sp³-hybridized carbons (Fsp3) is 0.121. The SMILES string of the molecule is CC1(C)c2ccccc2N(c2ccc(/C=C3/C(=O)c4cc5ccccc5cc4C3O)s2)c2ccc(F)cc21. The third-order valence-corrected chi connectivity index (χ3v) is 8.85. The molecule has 2 heterocycles. The van der Waals surface area contributed by atoms with Gasteiger partial charge in [-0.15, -0.1) is 11.3 Å². The van der Waals surface area contributed by atoms with Gasteiger partial charge in [0.1, 0.15) is 16.9 Å². The summed E-state index contributed by atoms with van der Waals surface area (Å²) in [5.41, 5.74) is 5.26. The zero-order valence-corrected chi connectivity index (χ0v) is 21.7. The van der Waals surface area contributed by atoms with Gasteiger partial charge < -0.3 is 10.0 Å². The van der Waals surface area contributed by atoms with Crippen molar-refractivity contribution < 1.29 is 14.3 Å². The van der Waals surface area contributed by atoms with Crippen molar-refractivity contribution in [3.63, 3.8) is 0 Å². The average Bonchev–Trinajstić information content (AvgIpc) is 3.47. The van der Waals surface area contributed by atoms with Crippen molar-refractivity contribution >= 4 is 50.3 Å². The Morgan fingerprint density at radius 1 is 0.868 bits per heavy atom. The Balaban J connectivity index is 1.31. The van der Waals surface area contributed by atoms with Gasteiger partial charge in [-0.05, 0) is 82.1 Å². The number of para-hydroxylation sites is 1. The number of rotatable bonds is 2. The lowest BCUT2D eigenvalue weighted by atomic mass is 9.73. The minimum Gasteiger partial charge on any atom is -0.383 e. The van der Waals surface area contributed by atoms with Gasteiger partial charge >= 0.3 is 0 Å². The maximum atomic E-state index is 14.4. The van der Waals surface area contributed by atoms with Crippen LogP contribution in [-0.4, -0.2) is 10.9 Å². The monoisotopic (exact) mass is 517 g/mol. The van der Waals surface area contributed by atoms with Crippen LogP contribution >= 0.6 is 11.3 Å². The van der Waals surface area contributed by atoms with Crippen molar-refractivity contribution in [2.24, 2.45) is 0 Å². The lowest BCUT2D eigenvalue weighted by Gasteiger charge is -2.41. The summed E-state index contributed by atoms with van der Waals surface area (Å²) in [7, 11) is 0. The number of hydrogen-bond donors (Lipinski definition) is 1. The van der Waals surface area contributed by atoms with E-state index in [1.165, 1.54) is 17.4 Å². The van der Waals surface area contributed by atoms with Crippen LogP contribution in [0.1, 0.15) is 51.9 Å². The molecule has 0 fully saturated rings. The molecule has 0 radical (unpaired) electrons. The number of halogens is 1. The van der Waals surface area contributed by atoms with Gasteiger partial charge in [-0.2, -0.15) is 0 Å². The molecule has 1 aliphatic heterocycles. The number of benzene rings is 4. The summed E-state index contributed by atoms with van der Waals surface area (Å²) < 4.78 is 14.4. The highest BCUT2D eigenvalue weighted by Gasteiger charge is 2.38. The molecule has 4 aromatic carbocycles. The molecule has 7 rings (SSSR count). The zero-order valence-electron chi connectivity index (χ0n) is 20.9. The summed E-state index contributed by atoms with van der Waals surface area (Å²) in [6, 6.07) is 28.8. The van der Waals surface area contributed by atoms with Crippen molar-refractivity contribution in [2.75, 3.05) is 4.90 Å². The molecule has 1 aromatic heterocycles. The average molecular weight is 518 g/mol. The molecule has 0 saturated heterocycles. The Bertz CT molecular complexity index is 1820. The maximum absolute atomic E-state index is 14.4. The smallest absolute Gasteiger partial charge is 0.192 e. The number of nitrogens with zero attached hydrogens (tertiary/aromatic N) is 1. The van der Waals surface area contributed by atoms with Gasteiger partial charge in [-0.1, -0.05) is 56.3 Å². The van der Waals surface area contributed by atoms with Crippen LogP contribution in [-0.2, 0) is 5.41 Å². The Kier molecular flexibility index (Phi) is 4.99. The van der Waals surface area contributed by atoms with Crippen LogP contribution in [0.2, 0.25) is 0 Å². The molecule has 1 unspecified atom stereocenters. The van der Waals surface area contributed by atoms with E-state index >= 15 is 0 Å². The van der Waals surface area contributed by atoms with E-state index in [0.29, 0.717) is 16.7 Å². The van der Waals surface area contributed by atoms with E-state index in [1.54, 1.807) is 12.1 Å². The molecule has 0 saturated carbocycles. The van der Waals surface area contributed by atoms with Gasteiger partial charge in [0.25, 0.3) is 0 Å². The molecule has 38 heavy (non-hydrogen) atoms. The maximum Gasteiger partial charge on any atom is 0.192 e. The van der Waals surface area contributed by atoms with E-state index in [-0.39, 0.29) is 17.0 Å². The number of Topliss-reactive ketones (excluding diaryl/α,β-unsaturated/α-hetero) is 1. The number of aliphatic hydroxyl groups excluding tert-OH is 1. The molecule has 5 heteroatoms. The number of carbonyl (C=O) groups excluding carboxylic acids is 1. The number of carbonyl (C=O) groups is 1. The summed E-state index contributed by atoms with van der Waals surface area (Å²) in [4.78, 5) is 16.4. The molecule has 5 aromatic rings. The van der Waals surface area contributed by atoms with Crippen LogP contribution in [0.5, 0.6) is 0 Å². The van der Waals surface area contributed by atoms with Gasteiger partial charge in [0, 0.05) is 21.4 Å². The van der Waals surface area contributed by atoms with Crippen LogP contribution in [0.15, 0.2) is 96.6 Å². The van der Waals surface area contributed by atoms with Crippen LogP contribution in [0.4, 0.5) is 20.8 Å². The Labute approximate surface area is 224 Å². The third kappa shape index (κ3) is 3.32. The van der Waals surface area contributed by atoms with Gasteiger partial charge in [0.05, 0.1) is 11.4 Å². The second-order valence-electron chi connectivity index (χ2n) is 10.4. The highest BCUT2D eigenvalue weighted by atomic mass is 32.1. The number of thiophene rings is 1. The summed E-state index contributed by atoms with van der Waals surface area (Å²) >= 11 is 1.54. The van der Waals surface area contributed by atoms with Crippen molar-refractivity contribution in [1.29, 1.82) is 0 Å². The predicted molar refractivity (Wildman–Crippen MR) is 152 cm³/mol. The molecule has 0 spiro atoms. The van der Waals surface area contributed by atoms with Crippen molar-refractivity contribution in [3.8, 4) is 0 Å². The van der Waals surface area contributed by atoms with E-state index < -0.39 is 6.10 Å². The molecule has 0 bridgehead atoms. The first-order valence-corrected chi connectivity index (χ1v) is 13.4. The summed E-state index contributed by atoms with van der Waals surface area (Å²) in [5.74, 6) is -0.396. The molecule has 1 N–H and O–H groups in total. The summed E-state index contributed by atoms with van der Waals surface area (Å²) in [6.45, 7) is 4.25. The second-order valence-corrected chi connectivity index (χ2v) is 11.5. The lowest BCUT2D eigenvalue weighted by molar-refractivity contribution is 0.102. The first-order valence-electron chi connectivity index (χ1n) is 12.6. The Morgan fingerprint density at radius 3 is 2.39 bits per heavy atom. The highest BCUT2D eigenvalue weighted by Crippen LogP contribution is 2.53. The van der Waals surface area contributed by atoms with Gasteiger partial charge in [-0.3, -0.25) is 4.79 Å². The normalized spacial score (nSPS) is 18.5. The third-order valence-electron chi connectivity index (χ3n) is 7.84. The van der Waals surface area contributed by atoms with Crippen molar-refractivity contribution in [1.82, 2.24) is 0 Å². The van der Waals surface area contributed by atoms with Crippen molar-refractivity contribution in [2.45, 2.75) is 25.4 Å². The first-order chi connectivity index (χ1) is 18.3. The van der Waals surface area contributed by atoms with Crippen LogP contribution < -0.4 is 4.90 Å². The Morgan fingerprint density at radius 2 is 1.58 bits per heavy atom. The fourth-order valence-corrected chi connectivity index (χ4v) is 6.87. The standard InChI is InChI=1S/C33H24FNO2S/c1-33(2)26-9-5-6-10-28(26)35(29-13-11-21(34)17-27(29)33)30-14-12-22(38-30)18-25-31(36)23-15-19-7-3-4-8-20(19)16-24(23)32(25)37/h3-18,31,36H,1-2H3/b25-18+. The van der Waals surface area contributed by atoms with Crippen molar-refractivity contribution in [3.05, 3.63) is 130 Å². The second kappa shape index (κ2) is 8.22. The van der Waals surface area contributed by atoms with Gasteiger partial charge in [0.15, 0.2) is 5.78 Å². The summed E-state index contributed by atoms with van der Waals surface area (Å²) in [6.07, 6.45) is 0.838. The summed E-state index contributed by atoms with van der Waals surface area (Å²) in [5, 5.41) is 14.0. The molecule has 2 aliphatic rings. The minimum atomic E-state index is -0.965. The van der Waals surface area contributed by atoms with E-state index in [2.05, 4.69) is 30.9 Å². The van der Waals surface area contributed by atoms with E-state index in [1.807, 2.05) is 66.7 Å². The predicted octanol–water partition coefficient (Wildman–Crippen LogP) is 8.46. The Hall–Kier alpha value is -4.06. The first kappa shape index (κ1) is 23.1. The van der Waals surface area contributed by atoms with Gasteiger partial charge in [0.2, 0.25) is 0 Å². The lowest BCUT2D eigenvalue weighted by Crippen LogP contribution is -2.30.